The molecule has 0 aliphatic carbocycles. The molecule has 20 heavy (non-hydrogen) atoms. The largest absolute Gasteiger partial charge is 0.465 e. The summed E-state index contributed by atoms with van der Waals surface area (Å²) in [5.41, 5.74) is -1.13. The molecule has 1 fully saturated rings. The second-order valence-corrected chi connectivity index (χ2v) is 7.60. The average Bonchev–Trinajstić information content (AvgIpc) is 2.24. The summed E-state index contributed by atoms with van der Waals surface area (Å²) in [6.07, 6.45) is -0.949. The Labute approximate surface area is 120 Å². The summed E-state index contributed by atoms with van der Waals surface area (Å²) in [6, 6.07) is -0.604. The fourth-order valence-corrected chi connectivity index (χ4v) is 2.82. The van der Waals surface area contributed by atoms with Crippen LogP contribution < -0.4 is 0 Å². The summed E-state index contributed by atoms with van der Waals surface area (Å²) in [5.74, 6) is -1.17. The number of ketones is 2. The van der Waals surface area contributed by atoms with E-state index in [1.807, 2.05) is 20.8 Å². The maximum Gasteiger partial charge on any atom is 0.407 e. The van der Waals surface area contributed by atoms with E-state index < -0.39 is 28.9 Å². The van der Waals surface area contributed by atoms with Gasteiger partial charge in [0.05, 0.1) is 12.0 Å². The molecule has 0 radical (unpaired) electrons. The number of carboxylic acid groups (broad SMARTS) is 1. The molecule has 0 aromatic carbocycles. The number of nitrogens with zero attached hydrogens (tertiary/aromatic N) is 1. The molecule has 2 atom stereocenters. The monoisotopic (exact) mass is 283 g/mol. The van der Waals surface area contributed by atoms with Crippen molar-refractivity contribution >= 4 is 17.7 Å². The molecule has 1 saturated heterocycles. The smallest absolute Gasteiger partial charge is 0.407 e. The van der Waals surface area contributed by atoms with Gasteiger partial charge in [0, 0.05) is 18.4 Å². The Kier molecular flexibility index (Phi) is 4.32. The third-order valence-electron chi connectivity index (χ3n) is 3.75. The lowest BCUT2D eigenvalue weighted by atomic mass is 9.67. The standard InChI is InChI=1S/C15H25NO4/c1-14(2,3)11-10(12(18)15(4,5)6)9(17)7-8-16(11)13(19)20/h10-11H,7-8H2,1-6H3,(H,19,20). The first-order chi connectivity index (χ1) is 8.87. The summed E-state index contributed by atoms with van der Waals surface area (Å²) in [4.78, 5) is 37.6. The van der Waals surface area contributed by atoms with Gasteiger partial charge in [-0.1, -0.05) is 41.5 Å². The lowest BCUT2D eigenvalue weighted by molar-refractivity contribution is -0.145. The number of likely N-dealkylation sites (tertiary alicyclic amines) is 1. The number of carbonyl (C=O) groups excluding carboxylic acids is 2. The molecular weight excluding hydrogens is 258 g/mol. The van der Waals surface area contributed by atoms with Crippen LogP contribution in [0.3, 0.4) is 0 Å². The number of hydrogen-bond donors (Lipinski definition) is 1. The van der Waals surface area contributed by atoms with Crippen molar-refractivity contribution in [3.05, 3.63) is 0 Å². The number of carbonyl (C=O) groups is 3. The van der Waals surface area contributed by atoms with E-state index in [4.69, 9.17) is 0 Å². The average molecular weight is 283 g/mol. The SMILES string of the molecule is CC(C)(C)C(=O)C1C(=O)CCN(C(=O)O)C1C(C)(C)C. The first-order valence-electron chi connectivity index (χ1n) is 6.94. The van der Waals surface area contributed by atoms with Crippen LogP contribution >= 0.6 is 0 Å². The number of hydrogen-bond acceptors (Lipinski definition) is 3. The molecule has 1 aliphatic heterocycles. The summed E-state index contributed by atoms with van der Waals surface area (Å²) in [5, 5.41) is 9.36. The predicted octanol–water partition coefficient (Wildman–Crippen LogP) is 2.59. The highest BCUT2D eigenvalue weighted by atomic mass is 16.4. The fraction of sp³-hybridized carbons (Fsp3) is 0.800. The van der Waals surface area contributed by atoms with E-state index in [2.05, 4.69) is 0 Å². The third kappa shape index (κ3) is 3.19. The lowest BCUT2D eigenvalue weighted by Gasteiger charge is -2.46. The number of Topliss-reactive ketones (excluding diaryl/α,β-unsaturated/α-hetero) is 2. The fourth-order valence-electron chi connectivity index (χ4n) is 2.82. The molecular formula is C15H25NO4. The Morgan fingerprint density at radius 2 is 1.65 bits per heavy atom. The zero-order chi connectivity index (χ0) is 15.9. The molecule has 5 heteroatoms. The summed E-state index contributed by atoms with van der Waals surface area (Å²) >= 11 is 0. The number of rotatable bonds is 1. The van der Waals surface area contributed by atoms with E-state index in [1.54, 1.807) is 20.8 Å². The van der Waals surface area contributed by atoms with Crippen molar-refractivity contribution in [3.8, 4) is 0 Å². The van der Waals surface area contributed by atoms with Crippen LogP contribution in [0.4, 0.5) is 4.79 Å². The van der Waals surface area contributed by atoms with Crippen LogP contribution in [0.25, 0.3) is 0 Å². The topological polar surface area (TPSA) is 74.7 Å². The van der Waals surface area contributed by atoms with E-state index in [9.17, 15) is 19.5 Å². The van der Waals surface area contributed by atoms with Gasteiger partial charge in [0.15, 0.2) is 5.78 Å². The minimum absolute atomic E-state index is 0.116. The zero-order valence-corrected chi connectivity index (χ0v) is 13.2. The van der Waals surface area contributed by atoms with Crippen molar-refractivity contribution in [2.75, 3.05) is 6.54 Å². The molecule has 0 spiro atoms. The first kappa shape index (κ1) is 16.7. The van der Waals surface area contributed by atoms with Crippen molar-refractivity contribution < 1.29 is 19.5 Å². The van der Waals surface area contributed by atoms with Gasteiger partial charge >= 0.3 is 6.09 Å². The quantitative estimate of drug-likeness (QED) is 0.750. The second kappa shape index (κ2) is 5.19. The van der Waals surface area contributed by atoms with Gasteiger partial charge in [0.1, 0.15) is 5.78 Å². The molecule has 5 nitrogen and oxygen atoms in total. The molecule has 1 N–H and O–H groups in total. The number of amides is 1. The van der Waals surface area contributed by atoms with Gasteiger partial charge in [-0.3, -0.25) is 9.59 Å². The Morgan fingerprint density at radius 1 is 1.15 bits per heavy atom. The molecule has 0 bridgehead atoms. The van der Waals surface area contributed by atoms with Gasteiger partial charge in [-0.2, -0.15) is 0 Å². The van der Waals surface area contributed by atoms with E-state index in [1.165, 1.54) is 4.90 Å². The Bertz CT molecular complexity index is 428. The molecule has 1 amide bonds. The van der Waals surface area contributed by atoms with E-state index in [-0.39, 0.29) is 24.5 Å². The maximum atomic E-state index is 12.6. The van der Waals surface area contributed by atoms with E-state index in [0.29, 0.717) is 0 Å². The summed E-state index contributed by atoms with van der Waals surface area (Å²) in [7, 11) is 0. The van der Waals surface area contributed by atoms with Crippen LogP contribution in [0, 0.1) is 16.7 Å². The Hall–Kier alpha value is -1.39. The van der Waals surface area contributed by atoms with Crippen LogP contribution in [-0.2, 0) is 9.59 Å². The molecule has 0 aromatic rings. The highest BCUT2D eigenvalue weighted by Crippen LogP contribution is 2.38. The third-order valence-corrected chi connectivity index (χ3v) is 3.75. The second-order valence-electron chi connectivity index (χ2n) is 7.60. The predicted molar refractivity (Wildman–Crippen MR) is 75.5 cm³/mol. The van der Waals surface area contributed by atoms with Crippen molar-refractivity contribution in [2.24, 2.45) is 16.7 Å². The minimum atomic E-state index is -1.07. The van der Waals surface area contributed by atoms with E-state index in [0.717, 1.165) is 0 Å². The normalized spacial score (nSPS) is 24.7. The Morgan fingerprint density at radius 3 is 2.00 bits per heavy atom. The molecule has 2 unspecified atom stereocenters. The van der Waals surface area contributed by atoms with Crippen LogP contribution in [0.2, 0.25) is 0 Å². The van der Waals surface area contributed by atoms with Gasteiger partial charge < -0.3 is 10.0 Å². The Balaban J connectivity index is 3.30. The molecule has 0 saturated carbocycles. The minimum Gasteiger partial charge on any atom is -0.465 e. The zero-order valence-electron chi connectivity index (χ0n) is 13.2. The van der Waals surface area contributed by atoms with Crippen LogP contribution in [0.15, 0.2) is 0 Å². The highest BCUT2D eigenvalue weighted by molar-refractivity contribution is 6.06. The summed E-state index contributed by atoms with van der Waals surface area (Å²) in [6.45, 7) is 11.1. The first-order valence-corrected chi connectivity index (χ1v) is 6.94. The van der Waals surface area contributed by atoms with Gasteiger partial charge in [0.25, 0.3) is 0 Å². The van der Waals surface area contributed by atoms with Gasteiger partial charge in [-0.25, -0.2) is 4.79 Å². The van der Waals surface area contributed by atoms with E-state index >= 15 is 0 Å². The number of piperidine rings is 1. The van der Waals surface area contributed by atoms with Crippen LogP contribution in [0.1, 0.15) is 48.0 Å². The molecule has 1 heterocycles. The van der Waals surface area contributed by atoms with Gasteiger partial charge in [-0.05, 0) is 5.41 Å². The maximum absolute atomic E-state index is 12.6. The highest BCUT2D eigenvalue weighted by Gasteiger charge is 2.50. The molecule has 0 aromatic heterocycles. The molecule has 1 rings (SSSR count). The van der Waals surface area contributed by atoms with Gasteiger partial charge in [0.2, 0.25) is 0 Å². The molecule has 1 aliphatic rings. The van der Waals surface area contributed by atoms with Gasteiger partial charge in [-0.15, -0.1) is 0 Å². The van der Waals surface area contributed by atoms with Crippen molar-refractivity contribution in [3.63, 3.8) is 0 Å². The van der Waals surface area contributed by atoms with Crippen LogP contribution in [-0.4, -0.2) is 40.3 Å². The van der Waals surface area contributed by atoms with Crippen LogP contribution in [0.5, 0.6) is 0 Å². The summed E-state index contributed by atoms with van der Waals surface area (Å²) < 4.78 is 0. The molecule has 114 valence electrons. The van der Waals surface area contributed by atoms with Crippen molar-refractivity contribution in [1.29, 1.82) is 0 Å². The lowest BCUT2D eigenvalue weighted by Crippen LogP contribution is -2.60. The van der Waals surface area contributed by atoms with Crippen molar-refractivity contribution in [2.45, 2.75) is 54.0 Å². The van der Waals surface area contributed by atoms with Crippen molar-refractivity contribution in [1.82, 2.24) is 4.90 Å².